The molecule has 3 aromatic rings. The van der Waals surface area contributed by atoms with E-state index in [2.05, 4.69) is 22.2 Å². The smallest absolute Gasteiger partial charge is 0.248 e. The minimum atomic E-state index is -0.222. The highest BCUT2D eigenvalue weighted by Gasteiger charge is 2.17. The monoisotopic (exact) mass is 455 g/mol. The normalized spacial score (nSPS) is 14.9. The molecule has 1 N–H and O–H groups in total. The van der Waals surface area contributed by atoms with Crippen molar-refractivity contribution in [2.75, 3.05) is 43.4 Å². The number of carbonyl (C=O) groups is 1. The molecule has 0 spiro atoms. The maximum atomic E-state index is 12.5. The van der Waals surface area contributed by atoms with Gasteiger partial charge in [0.1, 0.15) is 11.5 Å². The fraction of sp³-hybridized carbons (Fsp3) is 0.208. The fourth-order valence-electron chi connectivity index (χ4n) is 3.52. The van der Waals surface area contributed by atoms with E-state index in [-0.39, 0.29) is 5.91 Å². The molecule has 2 heterocycles. The first-order valence-corrected chi connectivity index (χ1v) is 10.8. The van der Waals surface area contributed by atoms with Crippen LogP contribution in [0, 0.1) is 0 Å². The Morgan fingerprint density at radius 2 is 1.77 bits per heavy atom. The zero-order chi connectivity index (χ0) is 21.8. The van der Waals surface area contributed by atoms with Crippen molar-refractivity contribution in [3.8, 4) is 11.3 Å². The molecule has 31 heavy (non-hydrogen) atoms. The number of piperazine rings is 1. The number of carbonyl (C=O) groups excluding carboxylic acids is 1. The molecule has 7 heteroatoms. The van der Waals surface area contributed by atoms with E-state index in [0.29, 0.717) is 27.1 Å². The standard InChI is InChI=1S/C24H23Cl2N3O2/c1-28-13-15-29(16-14-28)21-8-3-2-7-20(21)27-23(30)12-10-17-9-11-22(31-17)18-5-4-6-19(25)24(18)26/h2-12H,13-16H2,1H3,(H,27,30)/b12-10+. The van der Waals surface area contributed by atoms with Crippen LogP contribution in [0.25, 0.3) is 17.4 Å². The fourth-order valence-corrected chi connectivity index (χ4v) is 3.91. The van der Waals surface area contributed by atoms with Gasteiger partial charge in [-0.05, 0) is 49.5 Å². The van der Waals surface area contributed by atoms with Crippen molar-refractivity contribution in [2.24, 2.45) is 0 Å². The molecule has 160 valence electrons. The molecule has 0 aliphatic carbocycles. The largest absolute Gasteiger partial charge is 0.457 e. The number of likely N-dealkylation sites (N-methyl/N-ethyl adjacent to an activating group) is 1. The maximum Gasteiger partial charge on any atom is 0.248 e. The average molecular weight is 456 g/mol. The molecule has 1 aromatic heterocycles. The number of nitrogens with one attached hydrogen (secondary N) is 1. The molecule has 1 amide bonds. The molecule has 2 aromatic carbocycles. The highest BCUT2D eigenvalue weighted by molar-refractivity contribution is 6.43. The number of amides is 1. The van der Waals surface area contributed by atoms with E-state index in [9.17, 15) is 4.79 Å². The highest BCUT2D eigenvalue weighted by atomic mass is 35.5. The van der Waals surface area contributed by atoms with E-state index in [4.69, 9.17) is 27.6 Å². The van der Waals surface area contributed by atoms with E-state index in [1.54, 1.807) is 24.3 Å². The summed E-state index contributed by atoms with van der Waals surface area (Å²) < 4.78 is 5.81. The Labute approximate surface area is 191 Å². The zero-order valence-electron chi connectivity index (χ0n) is 17.1. The van der Waals surface area contributed by atoms with Crippen LogP contribution in [0.3, 0.4) is 0 Å². The first-order valence-electron chi connectivity index (χ1n) is 10.1. The molecule has 4 rings (SSSR count). The summed E-state index contributed by atoms with van der Waals surface area (Å²) in [5, 5.41) is 3.88. The van der Waals surface area contributed by atoms with E-state index in [1.807, 2.05) is 36.4 Å². The summed E-state index contributed by atoms with van der Waals surface area (Å²) >= 11 is 12.3. The van der Waals surface area contributed by atoms with Gasteiger partial charge >= 0.3 is 0 Å². The second-order valence-electron chi connectivity index (χ2n) is 7.43. The van der Waals surface area contributed by atoms with Crippen LogP contribution >= 0.6 is 23.2 Å². The molecule has 1 fully saturated rings. The van der Waals surface area contributed by atoms with Gasteiger partial charge < -0.3 is 19.5 Å². The minimum Gasteiger partial charge on any atom is -0.457 e. The second-order valence-corrected chi connectivity index (χ2v) is 8.22. The number of benzene rings is 2. The van der Waals surface area contributed by atoms with Crippen molar-refractivity contribution in [1.29, 1.82) is 0 Å². The van der Waals surface area contributed by atoms with Crippen LogP contribution in [0.5, 0.6) is 0 Å². The number of para-hydroxylation sites is 2. The van der Waals surface area contributed by atoms with Crippen molar-refractivity contribution >= 4 is 46.6 Å². The lowest BCUT2D eigenvalue weighted by Gasteiger charge is -2.35. The number of anilines is 2. The van der Waals surface area contributed by atoms with Crippen molar-refractivity contribution in [2.45, 2.75) is 0 Å². The summed E-state index contributed by atoms with van der Waals surface area (Å²) in [5.41, 5.74) is 2.54. The van der Waals surface area contributed by atoms with E-state index in [1.165, 1.54) is 6.08 Å². The molecule has 0 atom stereocenters. The molecule has 0 unspecified atom stereocenters. The summed E-state index contributed by atoms with van der Waals surface area (Å²) in [6, 6.07) is 16.8. The predicted octanol–water partition coefficient (Wildman–Crippen LogP) is 5.66. The molecular formula is C24H23Cl2N3O2. The number of hydrogen-bond donors (Lipinski definition) is 1. The van der Waals surface area contributed by atoms with Crippen molar-refractivity contribution in [3.05, 3.63) is 76.5 Å². The number of furan rings is 1. The average Bonchev–Trinajstić information content (AvgIpc) is 3.24. The predicted molar refractivity (Wildman–Crippen MR) is 128 cm³/mol. The molecule has 1 aliphatic heterocycles. The SMILES string of the molecule is CN1CCN(c2ccccc2NC(=O)/C=C/c2ccc(-c3cccc(Cl)c3Cl)o2)CC1. The van der Waals surface area contributed by atoms with Gasteiger partial charge in [-0.2, -0.15) is 0 Å². The lowest BCUT2D eigenvalue weighted by molar-refractivity contribution is -0.111. The summed E-state index contributed by atoms with van der Waals surface area (Å²) in [6.07, 6.45) is 3.10. The van der Waals surface area contributed by atoms with Gasteiger partial charge in [0, 0.05) is 37.8 Å². The van der Waals surface area contributed by atoms with Gasteiger partial charge in [0.05, 0.1) is 21.4 Å². The van der Waals surface area contributed by atoms with Gasteiger partial charge in [0.15, 0.2) is 0 Å². The first kappa shape index (κ1) is 21.5. The van der Waals surface area contributed by atoms with Gasteiger partial charge in [0.25, 0.3) is 0 Å². The Kier molecular flexibility index (Phi) is 6.66. The third-order valence-corrected chi connectivity index (χ3v) is 6.07. The summed E-state index contributed by atoms with van der Waals surface area (Å²) in [6.45, 7) is 3.86. The Hall–Kier alpha value is -2.73. The molecule has 1 saturated heterocycles. The van der Waals surface area contributed by atoms with Gasteiger partial charge in [-0.15, -0.1) is 0 Å². The van der Waals surface area contributed by atoms with Gasteiger partial charge in [0.2, 0.25) is 5.91 Å². The van der Waals surface area contributed by atoms with Crippen LogP contribution in [0.2, 0.25) is 10.0 Å². The van der Waals surface area contributed by atoms with Crippen molar-refractivity contribution < 1.29 is 9.21 Å². The van der Waals surface area contributed by atoms with Crippen LogP contribution < -0.4 is 10.2 Å². The van der Waals surface area contributed by atoms with E-state index < -0.39 is 0 Å². The molecule has 0 radical (unpaired) electrons. The molecule has 0 bridgehead atoms. The maximum absolute atomic E-state index is 12.5. The summed E-state index contributed by atoms with van der Waals surface area (Å²) in [7, 11) is 2.12. The molecular weight excluding hydrogens is 433 g/mol. The van der Waals surface area contributed by atoms with Crippen molar-refractivity contribution in [1.82, 2.24) is 4.90 Å². The van der Waals surface area contributed by atoms with Crippen LogP contribution in [0.4, 0.5) is 11.4 Å². The van der Waals surface area contributed by atoms with Crippen LogP contribution in [0.15, 0.2) is 65.1 Å². The lowest BCUT2D eigenvalue weighted by atomic mass is 10.2. The molecule has 1 aliphatic rings. The third-order valence-electron chi connectivity index (χ3n) is 5.25. The topological polar surface area (TPSA) is 48.7 Å². The number of rotatable bonds is 5. The highest BCUT2D eigenvalue weighted by Crippen LogP contribution is 2.34. The molecule has 5 nitrogen and oxygen atoms in total. The second kappa shape index (κ2) is 9.60. The Morgan fingerprint density at radius 1 is 1.00 bits per heavy atom. The summed E-state index contributed by atoms with van der Waals surface area (Å²) in [4.78, 5) is 17.1. The minimum absolute atomic E-state index is 0.222. The van der Waals surface area contributed by atoms with Crippen LogP contribution in [0.1, 0.15) is 5.76 Å². The van der Waals surface area contributed by atoms with Gasteiger partial charge in [-0.1, -0.05) is 41.4 Å². The third kappa shape index (κ3) is 5.13. The van der Waals surface area contributed by atoms with E-state index >= 15 is 0 Å². The Bertz CT molecular complexity index is 1100. The van der Waals surface area contributed by atoms with Gasteiger partial charge in [-0.3, -0.25) is 4.79 Å². The summed E-state index contributed by atoms with van der Waals surface area (Å²) in [5.74, 6) is 0.918. The number of nitrogens with zero attached hydrogens (tertiary/aromatic N) is 2. The molecule has 0 saturated carbocycles. The lowest BCUT2D eigenvalue weighted by Crippen LogP contribution is -2.44. The number of halogens is 2. The Balaban J connectivity index is 1.44. The number of hydrogen-bond acceptors (Lipinski definition) is 4. The Morgan fingerprint density at radius 3 is 2.58 bits per heavy atom. The first-order chi connectivity index (χ1) is 15.0. The quantitative estimate of drug-likeness (QED) is 0.504. The van der Waals surface area contributed by atoms with Gasteiger partial charge in [-0.25, -0.2) is 0 Å². The zero-order valence-corrected chi connectivity index (χ0v) is 18.7. The van der Waals surface area contributed by atoms with Crippen molar-refractivity contribution in [3.63, 3.8) is 0 Å². The van der Waals surface area contributed by atoms with E-state index in [0.717, 1.165) is 37.6 Å². The van der Waals surface area contributed by atoms with Crippen LogP contribution in [-0.4, -0.2) is 44.0 Å². The van der Waals surface area contributed by atoms with Crippen LogP contribution in [-0.2, 0) is 4.79 Å².